The van der Waals surface area contributed by atoms with Crippen molar-refractivity contribution in [2.45, 2.75) is 19.9 Å². The molecule has 0 aliphatic rings. The Labute approximate surface area is 202 Å². The highest BCUT2D eigenvalue weighted by Gasteiger charge is 2.21. The fraction of sp³-hybridized carbons (Fsp3) is 0.292. The Kier molecular flexibility index (Phi) is 8.63. The zero-order valence-electron chi connectivity index (χ0n) is 20.0. The third kappa shape index (κ3) is 5.87. The number of nitrogens with one attached hydrogen (secondary N) is 2. The molecule has 0 aromatic carbocycles. The lowest BCUT2D eigenvalue weighted by molar-refractivity contribution is -0.117. The smallest absolute Gasteiger partial charge is 0.214 e. The molecule has 1 atom stereocenters. The molecule has 0 aliphatic heterocycles. The second kappa shape index (κ2) is 11.8. The van der Waals surface area contributed by atoms with E-state index in [2.05, 4.69) is 20.5 Å². The molecule has 0 unspecified atom stereocenters. The molecule has 3 aromatic heterocycles. The maximum atomic E-state index is 14.7. The van der Waals surface area contributed by atoms with E-state index in [0.717, 1.165) is 11.8 Å². The van der Waals surface area contributed by atoms with Crippen LogP contribution in [0.2, 0.25) is 0 Å². The highest BCUT2D eigenvalue weighted by molar-refractivity contribution is 6.08. The standard InChI is InChI=1S/C24H28FN7O3/c1-16-9-20(35-8-7-34-4)13-28-22(16)5-6-31(15-33)17(2)23-29-30-24-21(25)10-18(14-32(23)24)19(11-26)12-27-3/h5-6,9-15,17,26-27H,7-8H2,1-4H3/b6-5-,19-12+,26-11?/t17-/m1/s1. The molecule has 35 heavy (non-hydrogen) atoms. The van der Waals surface area contributed by atoms with E-state index in [1.54, 1.807) is 52.0 Å². The number of rotatable bonds is 12. The summed E-state index contributed by atoms with van der Waals surface area (Å²) in [6.45, 7) is 4.54. The average Bonchev–Trinajstić information content (AvgIpc) is 3.28. The summed E-state index contributed by atoms with van der Waals surface area (Å²) in [4.78, 5) is 17.7. The van der Waals surface area contributed by atoms with E-state index >= 15 is 0 Å². The normalized spacial score (nSPS) is 12.7. The topological polar surface area (TPSA) is 118 Å². The van der Waals surface area contributed by atoms with Gasteiger partial charge in [-0.15, -0.1) is 10.2 Å². The fourth-order valence-corrected chi connectivity index (χ4v) is 3.38. The SMILES string of the molecule is CN/C=C(\C=N)c1cc(F)c2nnc([C@@H](C)N(C=O)/C=C\c3ncc(OCCOC)cc3C)n2c1. The van der Waals surface area contributed by atoms with E-state index in [0.29, 0.717) is 48.0 Å². The Bertz CT molecular complexity index is 1260. The number of carbonyl (C=O) groups is 1. The highest BCUT2D eigenvalue weighted by atomic mass is 19.1. The summed E-state index contributed by atoms with van der Waals surface area (Å²) in [5.41, 5.74) is 2.50. The van der Waals surface area contributed by atoms with E-state index in [-0.39, 0.29) is 5.65 Å². The second-order valence-electron chi connectivity index (χ2n) is 7.62. The van der Waals surface area contributed by atoms with Gasteiger partial charge in [0.2, 0.25) is 6.41 Å². The average molecular weight is 482 g/mol. The first kappa shape index (κ1) is 25.5. The molecule has 0 saturated carbocycles. The van der Waals surface area contributed by atoms with Gasteiger partial charge in [0.25, 0.3) is 0 Å². The van der Waals surface area contributed by atoms with Crippen LogP contribution >= 0.6 is 0 Å². The minimum absolute atomic E-state index is 0.0285. The van der Waals surface area contributed by atoms with Gasteiger partial charge in [0, 0.05) is 50.1 Å². The summed E-state index contributed by atoms with van der Waals surface area (Å²) in [7, 11) is 3.30. The molecule has 10 nitrogen and oxygen atoms in total. The molecule has 0 saturated heterocycles. The number of hydrogen-bond acceptors (Lipinski definition) is 8. The largest absolute Gasteiger partial charge is 0.490 e. The van der Waals surface area contributed by atoms with Gasteiger partial charge in [-0.25, -0.2) is 4.39 Å². The van der Waals surface area contributed by atoms with Crippen molar-refractivity contribution in [3.63, 3.8) is 0 Å². The Morgan fingerprint density at radius 2 is 2.14 bits per heavy atom. The van der Waals surface area contributed by atoms with Crippen molar-refractivity contribution >= 4 is 29.9 Å². The first-order chi connectivity index (χ1) is 16.9. The number of pyridine rings is 2. The first-order valence-electron chi connectivity index (χ1n) is 10.8. The lowest BCUT2D eigenvalue weighted by Crippen LogP contribution is -2.21. The summed E-state index contributed by atoms with van der Waals surface area (Å²) in [5, 5.41) is 18.5. The third-order valence-corrected chi connectivity index (χ3v) is 5.27. The molecule has 11 heteroatoms. The molecule has 0 aliphatic carbocycles. The second-order valence-corrected chi connectivity index (χ2v) is 7.62. The number of halogens is 1. The van der Waals surface area contributed by atoms with Crippen molar-refractivity contribution in [1.82, 2.24) is 29.8 Å². The summed E-state index contributed by atoms with van der Waals surface area (Å²) in [6, 6.07) is 2.58. The van der Waals surface area contributed by atoms with E-state index in [1.165, 1.54) is 15.4 Å². The van der Waals surface area contributed by atoms with Gasteiger partial charge in [-0.3, -0.25) is 14.2 Å². The first-order valence-corrected chi connectivity index (χ1v) is 10.8. The van der Waals surface area contributed by atoms with Crippen molar-refractivity contribution in [2.75, 3.05) is 27.4 Å². The molecule has 3 aromatic rings. The number of methoxy groups -OCH3 is 1. The van der Waals surface area contributed by atoms with Crippen molar-refractivity contribution in [1.29, 1.82) is 5.41 Å². The molecule has 0 spiro atoms. The number of fused-ring (bicyclic) bond motifs is 1. The number of ether oxygens (including phenoxy) is 2. The minimum Gasteiger partial charge on any atom is -0.490 e. The molecular weight excluding hydrogens is 453 g/mol. The van der Waals surface area contributed by atoms with Gasteiger partial charge in [-0.05, 0) is 37.6 Å². The Hall–Kier alpha value is -4.12. The fourth-order valence-electron chi connectivity index (χ4n) is 3.38. The summed E-state index contributed by atoms with van der Waals surface area (Å²) in [5.74, 6) is 0.401. The van der Waals surface area contributed by atoms with E-state index in [1.807, 2.05) is 13.0 Å². The van der Waals surface area contributed by atoms with Crippen LogP contribution < -0.4 is 10.1 Å². The molecule has 3 rings (SSSR count). The quantitative estimate of drug-likeness (QED) is 0.232. The van der Waals surface area contributed by atoms with Crippen molar-refractivity contribution < 1.29 is 18.7 Å². The number of carbonyl (C=O) groups excluding carboxylic acids is 1. The van der Waals surface area contributed by atoms with Crippen LogP contribution in [0.15, 0.2) is 36.9 Å². The molecule has 2 N–H and O–H groups in total. The number of hydrogen-bond donors (Lipinski definition) is 2. The molecule has 0 fully saturated rings. The molecule has 1 amide bonds. The monoisotopic (exact) mass is 481 g/mol. The van der Waals surface area contributed by atoms with Crippen LogP contribution in [0.5, 0.6) is 5.75 Å². The van der Waals surface area contributed by atoms with E-state index in [4.69, 9.17) is 14.9 Å². The molecule has 0 radical (unpaired) electrons. The maximum absolute atomic E-state index is 14.7. The van der Waals surface area contributed by atoms with Crippen molar-refractivity contribution in [2.24, 2.45) is 0 Å². The number of aryl methyl sites for hydroxylation is 1. The summed E-state index contributed by atoms with van der Waals surface area (Å²) in [6.07, 6.45) is 9.90. The predicted molar refractivity (Wildman–Crippen MR) is 130 cm³/mol. The number of allylic oxidation sites excluding steroid dienone is 1. The van der Waals surface area contributed by atoms with Gasteiger partial charge in [-0.1, -0.05) is 0 Å². The Balaban J connectivity index is 1.88. The van der Waals surface area contributed by atoms with Crippen molar-refractivity contribution in [3.8, 4) is 5.75 Å². The van der Waals surface area contributed by atoms with E-state index in [9.17, 15) is 9.18 Å². The van der Waals surface area contributed by atoms with Crippen LogP contribution in [-0.2, 0) is 9.53 Å². The lowest BCUT2D eigenvalue weighted by Gasteiger charge is -2.20. The molecular formula is C24H28FN7O3. The van der Waals surface area contributed by atoms with E-state index < -0.39 is 11.9 Å². The van der Waals surface area contributed by atoms with Crippen LogP contribution in [0.3, 0.4) is 0 Å². The van der Waals surface area contributed by atoms with Crippen LogP contribution in [-0.4, -0.2) is 64.5 Å². The Morgan fingerprint density at radius 1 is 1.34 bits per heavy atom. The van der Waals surface area contributed by atoms with Crippen LogP contribution in [0.4, 0.5) is 4.39 Å². The predicted octanol–water partition coefficient (Wildman–Crippen LogP) is 3.00. The lowest BCUT2D eigenvalue weighted by atomic mass is 10.1. The Morgan fingerprint density at radius 3 is 2.80 bits per heavy atom. The van der Waals surface area contributed by atoms with Crippen LogP contribution in [0.25, 0.3) is 17.3 Å². The van der Waals surface area contributed by atoms with Gasteiger partial charge < -0.3 is 25.1 Å². The van der Waals surface area contributed by atoms with Gasteiger partial charge in [0.1, 0.15) is 12.4 Å². The van der Waals surface area contributed by atoms with Gasteiger partial charge in [0.05, 0.1) is 24.5 Å². The van der Waals surface area contributed by atoms with Crippen LogP contribution in [0.1, 0.15) is 35.6 Å². The number of aromatic nitrogens is 4. The zero-order valence-corrected chi connectivity index (χ0v) is 20.0. The highest BCUT2D eigenvalue weighted by Crippen LogP contribution is 2.23. The van der Waals surface area contributed by atoms with Gasteiger partial charge >= 0.3 is 0 Å². The third-order valence-electron chi connectivity index (χ3n) is 5.27. The molecule has 3 heterocycles. The van der Waals surface area contributed by atoms with Crippen LogP contribution in [0, 0.1) is 18.2 Å². The number of nitrogens with zero attached hydrogens (tertiary/aromatic N) is 5. The summed E-state index contributed by atoms with van der Waals surface area (Å²) < 4.78 is 26.7. The maximum Gasteiger partial charge on any atom is 0.214 e. The number of amides is 1. The van der Waals surface area contributed by atoms with Gasteiger partial charge in [0.15, 0.2) is 17.3 Å². The summed E-state index contributed by atoms with van der Waals surface area (Å²) >= 11 is 0. The van der Waals surface area contributed by atoms with Crippen molar-refractivity contribution in [3.05, 3.63) is 65.4 Å². The van der Waals surface area contributed by atoms with Gasteiger partial charge in [-0.2, -0.15) is 0 Å². The molecule has 184 valence electrons. The zero-order chi connectivity index (χ0) is 25.4. The molecule has 0 bridgehead atoms. The minimum atomic E-state index is -0.585.